The number of nitrogens with one attached hydrogen (secondary N) is 1. The van der Waals surface area contributed by atoms with Crippen molar-refractivity contribution in [2.75, 3.05) is 18.5 Å². The predicted octanol–water partition coefficient (Wildman–Crippen LogP) is 4.11. The van der Waals surface area contributed by atoms with E-state index in [2.05, 4.69) is 5.32 Å². The Morgan fingerprint density at radius 2 is 1.89 bits per heavy atom. The van der Waals surface area contributed by atoms with E-state index < -0.39 is 21.9 Å². The van der Waals surface area contributed by atoms with E-state index >= 15 is 0 Å². The van der Waals surface area contributed by atoms with Gasteiger partial charge in [0.05, 0.1) is 23.6 Å². The number of fused-ring (bicyclic) bond motifs is 1. The number of carbonyl (C=O) groups is 2. The van der Waals surface area contributed by atoms with Crippen LogP contribution in [0.1, 0.15) is 39.0 Å². The number of nitrogens with zero attached hydrogens (tertiary/aromatic N) is 3. The Hall–Kier alpha value is -3.80. The zero-order chi connectivity index (χ0) is 26.0. The lowest BCUT2D eigenvalue weighted by atomic mass is 10.1. The Labute approximate surface area is 218 Å². The second-order valence-corrected chi connectivity index (χ2v) is 11.4. The van der Waals surface area contributed by atoms with Crippen molar-refractivity contribution in [1.29, 1.82) is 0 Å². The number of benzene rings is 2. The molecule has 0 unspecified atom stereocenters. The quantitative estimate of drug-likeness (QED) is 0.356. The summed E-state index contributed by atoms with van der Waals surface area (Å²) in [6.45, 7) is 2.25. The van der Waals surface area contributed by atoms with Gasteiger partial charge in [-0.15, -0.1) is 11.3 Å². The van der Waals surface area contributed by atoms with Gasteiger partial charge in [0.1, 0.15) is 9.90 Å². The number of aromatic nitrogens is 2. The highest BCUT2D eigenvalue weighted by molar-refractivity contribution is 7.91. The molecule has 5 rings (SSSR count). The fourth-order valence-electron chi connectivity index (χ4n) is 4.21. The van der Waals surface area contributed by atoms with E-state index in [4.69, 9.17) is 9.84 Å². The molecule has 2 aromatic heterocycles. The lowest BCUT2D eigenvalue weighted by Gasteiger charge is -2.25. The molecule has 3 heterocycles. The van der Waals surface area contributed by atoms with Crippen LogP contribution < -0.4 is 5.32 Å². The first-order valence-corrected chi connectivity index (χ1v) is 14.0. The lowest BCUT2D eigenvalue weighted by molar-refractivity contribution is 0.0526. The van der Waals surface area contributed by atoms with Crippen LogP contribution in [0, 0.1) is 0 Å². The molecule has 2 aromatic carbocycles. The largest absolute Gasteiger partial charge is 0.462 e. The van der Waals surface area contributed by atoms with Crippen LogP contribution in [0.5, 0.6) is 0 Å². The minimum atomic E-state index is -3.71. The number of thiophene rings is 1. The van der Waals surface area contributed by atoms with Gasteiger partial charge in [0, 0.05) is 30.8 Å². The maximum absolute atomic E-state index is 13.7. The molecule has 1 aliphatic rings. The van der Waals surface area contributed by atoms with Gasteiger partial charge < -0.3 is 10.1 Å². The van der Waals surface area contributed by atoms with E-state index in [1.165, 1.54) is 4.31 Å². The van der Waals surface area contributed by atoms with Crippen LogP contribution in [0.2, 0.25) is 0 Å². The van der Waals surface area contributed by atoms with E-state index in [1.807, 2.05) is 30.3 Å². The third-order valence-electron chi connectivity index (χ3n) is 5.94. The van der Waals surface area contributed by atoms with Crippen LogP contribution in [0.15, 0.2) is 76.3 Å². The summed E-state index contributed by atoms with van der Waals surface area (Å²) < 4.78 is 34.7. The summed E-state index contributed by atoms with van der Waals surface area (Å²) in [7, 11) is -3.71. The second-order valence-electron chi connectivity index (χ2n) is 8.30. The van der Waals surface area contributed by atoms with Crippen LogP contribution in [-0.2, 0) is 27.7 Å². The Balaban J connectivity index is 1.53. The predicted molar refractivity (Wildman–Crippen MR) is 140 cm³/mol. The zero-order valence-corrected chi connectivity index (χ0v) is 21.6. The van der Waals surface area contributed by atoms with Gasteiger partial charge >= 0.3 is 5.97 Å². The number of hydrogen-bond donors (Lipinski definition) is 1. The second kappa shape index (κ2) is 10.3. The molecule has 0 atom stereocenters. The van der Waals surface area contributed by atoms with Crippen LogP contribution in [0.4, 0.5) is 5.69 Å². The van der Waals surface area contributed by atoms with Gasteiger partial charge in [-0.2, -0.15) is 9.40 Å². The third kappa shape index (κ3) is 4.93. The van der Waals surface area contributed by atoms with Gasteiger partial charge in [0.15, 0.2) is 0 Å². The number of hydrogen-bond acceptors (Lipinski definition) is 7. The molecule has 11 heteroatoms. The van der Waals surface area contributed by atoms with Gasteiger partial charge in [0.25, 0.3) is 15.9 Å². The van der Waals surface area contributed by atoms with Crippen molar-refractivity contribution in [2.24, 2.45) is 0 Å². The molecular weight excluding hydrogens is 512 g/mol. The van der Waals surface area contributed by atoms with Gasteiger partial charge in [-0.3, -0.25) is 4.79 Å². The summed E-state index contributed by atoms with van der Waals surface area (Å²) in [5, 5.41) is 9.27. The van der Waals surface area contributed by atoms with Crippen LogP contribution in [-0.4, -0.2) is 47.5 Å². The number of rotatable bonds is 7. The van der Waals surface area contributed by atoms with E-state index in [9.17, 15) is 18.0 Å². The third-order valence-corrected chi connectivity index (χ3v) is 9.15. The first-order chi connectivity index (χ1) is 17.9. The molecular formula is C26H24N4O5S2. The minimum Gasteiger partial charge on any atom is -0.462 e. The normalized spacial score (nSPS) is 13.6. The smallest absolute Gasteiger partial charge is 0.338 e. The molecule has 0 bridgehead atoms. The van der Waals surface area contributed by atoms with E-state index in [0.29, 0.717) is 34.6 Å². The summed E-state index contributed by atoms with van der Waals surface area (Å²) in [5.74, 6) is -0.950. The average Bonchev–Trinajstić information content (AvgIpc) is 3.58. The van der Waals surface area contributed by atoms with Crippen molar-refractivity contribution in [3.8, 4) is 5.69 Å². The number of anilines is 1. The highest BCUT2D eigenvalue weighted by Gasteiger charge is 2.35. The molecule has 9 nitrogen and oxygen atoms in total. The van der Waals surface area contributed by atoms with Crippen molar-refractivity contribution >= 4 is 38.9 Å². The molecule has 0 saturated heterocycles. The molecule has 1 N–H and O–H groups in total. The van der Waals surface area contributed by atoms with E-state index in [0.717, 1.165) is 11.3 Å². The molecule has 0 saturated carbocycles. The fraction of sp³-hybridized carbons (Fsp3) is 0.192. The Morgan fingerprint density at radius 1 is 1.08 bits per heavy atom. The standard InChI is InChI=1S/C26H24N4O5S2/c1-2-35-26(32)18-8-6-9-19(16-18)27-25(31)24-21-17-29(37(33,34)23-12-7-15-36-23)14-13-22(21)28-30(24)20-10-4-3-5-11-20/h3-12,15-16H,2,13-14,17H2,1H3,(H,27,31). The van der Waals surface area contributed by atoms with Crippen LogP contribution in [0.25, 0.3) is 5.69 Å². The van der Waals surface area contributed by atoms with Crippen molar-refractivity contribution < 1.29 is 22.7 Å². The number of amides is 1. The lowest BCUT2D eigenvalue weighted by Crippen LogP contribution is -2.36. The molecule has 0 radical (unpaired) electrons. The summed E-state index contributed by atoms with van der Waals surface area (Å²) in [5.41, 5.74) is 2.86. The fourth-order valence-corrected chi connectivity index (χ4v) is 6.76. The highest BCUT2D eigenvalue weighted by atomic mass is 32.2. The van der Waals surface area contributed by atoms with Gasteiger partial charge in [-0.25, -0.2) is 17.9 Å². The average molecular weight is 537 g/mol. The minimum absolute atomic E-state index is 0.0218. The van der Waals surface area contributed by atoms with Gasteiger partial charge in [0.2, 0.25) is 0 Å². The Morgan fingerprint density at radius 3 is 2.62 bits per heavy atom. The van der Waals surface area contributed by atoms with Gasteiger partial charge in [-0.05, 0) is 48.7 Å². The van der Waals surface area contributed by atoms with Crippen molar-refractivity contribution in [1.82, 2.24) is 14.1 Å². The van der Waals surface area contributed by atoms with Crippen molar-refractivity contribution in [3.05, 3.63) is 94.6 Å². The summed E-state index contributed by atoms with van der Waals surface area (Å²) >= 11 is 1.16. The summed E-state index contributed by atoms with van der Waals surface area (Å²) in [4.78, 5) is 25.8. The Kier molecular flexibility index (Phi) is 6.92. The first kappa shape index (κ1) is 24.9. The maximum Gasteiger partial charge on any atom is 0.338 e. The molecule has 1 amide bonds. The molecule has 0 aliphatic carbocycles. The monoisotopic (exact) mass is 536 g/mol. The number of para-hydroxylation sites is 1. The van der Waals surface area contributed by atoms with Crippen LogP contribution >= 0.6 is 11.3 Å². The molecule has 4 aromatic rings. The zero-order valence-electron chi connectivity index (χ0n) is 20.0. The SMILES string of the molecule is CCOC(=O)c1cccc(NC(=O)c2c3c(nn2-c2ccccc2)CCN(S(=O)(=O)c2cccs2)C3)c1. The van der Waals surface area contributed by atoms with E-state index in [1.54, 1.807) is 53.4 Å². The molecule has 0 spiro atoms. The maximum atomic E-state index is 13.7. The topological polar surface area (TPSA) is 111 Å². The molecule has 0 fully saturated rings. The summed E-state index contributed by atoms with van der Waals surface area (Å²) in [6, 6.07) is 19.0. The Bertz CT molecular complexity index is 1550. The first-order valence-electron chi connectivity index (χ1n) is 11.7. The van der Waals surface area contributed by atoms with Gasteiger partial charge in [-0.1, -0.05) is 30.3 Å². The molecule has 37 heavy (non-hydrogen) atoms. The molecule has 190 valence electrons. The van der Waals surface area contributed by atoms with Crippen molar-refractivity contribution in [3.63, 3.8) is 0 Å². The van der Waals surface area contributed by atoms with E-state index in [-0.39, 0.29) is 29.6 Å². The van der Waals surface area contributed by atoms with Crippen LogP contribution in [0.3, 0.4) is 0 Å². The number of ether oxygens (including phenoxy) is 1. The summed E-state index contributed by atoms with van der Waals surface area (Å²) in [6.07, 6.45) is 0.373. The van der Waals surface area contributed by atoms with Crippen molar-refractivity contribution in [2.45, 2.75) is 24.1 Å². The highest BCUT2D eigenvalue weighted by Crippen LogP contribution is 2.30. The number of sulfonamides is 1. The molecule has 1 aliphatic heterocycles. The number of carbonyl (C=O) groups excluding carboxylic acids is 2. The number of esters is 1.